The Hall–Kier alpha value is -0.380. The lowest BCUT2D eigenvalue weighted by molar-refractivity contribution is 0.510. The molecule has 1 aromatic carbocycles. The summed E-state index contributed by atoms with van der Waals surface area (Å²) in [7, 11) is 0. The molecule has 0 aromatic heterocycles. The Morgan fingerprint density at radius 3 is 2.20 bits per heavy atom. The van der Waals surface area contributed by atoms with E-state index in [1.165, 1.54) is 0 Å². The monoisotopic (exact) mass is 255 g/mol. The van der Waals surface area contributed by atoms with Crippen LogP contribution in [0.3, 0.4) is 0 Å². The molecule has 86 valence electrons. The maximum absolute atomic E-state index is 13.3. The first-order chi connectivity index (χ1) is 6.56. The van der Waals surface area contributed by atoms with E-state index in [-0.39, 0.29) is 23.0 Å². The first-order valence-electron chi connectivity index (χ1n) is 4.46. The van der Waals surface area contributed by atoms with Crippen LogP contribution in [-0.4, -0.2) is 0 Å². The molecule has 0 radical (unpaired) electrons. The fraction of sp³-hybridized carbons (Fsp3) is 0.400. The summed E-state index contributed by atoms with van der Waals surface area (Å²) >= 11 is 5.48. The van der Waals surface area contributed by atoms with Crippen LogP contribution in [0.4, 0.5) is 8.78 Å². The Balaban J connectivity index is 0.00000196. The van der Waals surface area contributed by atoms with Gasteiger partial charge in [0.05, 0.1) is 0 Å². The molecule has 0 fully saturated rings. The van der Waals surface area contributed by atoms with Crippen molar-refractivity contribution in [1.29, 1.82) is 0 Å². The van der Waals surface area contributed by atoms with Crippen LogP contribution < -0.4 is 5.73 Å². The molecule has 0 heterocycles. The zero-order valence-corrected chi connectivity index (χ0v) is 9.84. The molecule has 0 amide bonds. The minimum Gasteiger partial charge on any atom is -0.324 e. The molecule has 0 spiro atoms. The lowest BCUT2D eigenvalue weighted by Gasteiger charge is -2.12. The minimum absolute atomic E-state index is 0. The van der Waals surface area contributed by atoms with Crippen molar-refractivity contribution in [2.45, 2.75) is 25.8 Å². The second kappa shape index (κ2) is 6.26. The van der Waals surface area contributed by atoms with Crippen LogP contribution in [0.2, 0.25) is 5.02 Å². The van der Waals surface area contributed by atoms with Crippen LogP contribution >= 0.6 is 24.0 Å². The van der Waals surface area contributed by atoms with Crippen molar-refractivity contribution in [3.8, 4) is 0 Å². The summed E-state index contributed by atoms with van der Waals surface area (Å²) in [5, 5.41) is 0.0486. The molecule has 1 nitrogen and oxygen atoms in total. The molecule has 1 aromatic rings. The van der Waals surface area contributed by atoms with Crippen LogP contribution in [0.25, 0.3) is 0 Å². The van der Waals surface area contributed by atoms with Crippen molar-refractivity contribution in [1.82, 2.24) is 0 Å². The summed E-state index contributed by atoms with van der Waals surface area (Å²) in [4.78, 5) is 0. The third-order valence-electron chi connectivity index (χ3n) is 2.01. The standard InChI is InChI=1S/C10H12ClF2N.ClH/c1-2-3-9(14)10-7(12)4-6(11)5-8(10)13;/h4-5,9H,2-3,14H2,1H3;1H/t9-;/m1./s1. The molecule has 0 unspecified atom stereocenters. The summed E-state index contributed by atoms with van der Waals surface area (Å²) in [6.07, 6.45) is 1.33. The van der Waals surface area contributed by atoms with Crippen molar-refractivity contribution in [3.63, 3.8) is 0 Å². The highest BCUT2D eigenvalue weighted by atomic mass is 35.5. The topological polar surface area (TPSA) is 26.0 Å². The molecule has 0 saturated heterocycles. The summed E-state index contributed by atoms with van der Waals surface area (Å²) in [6.45, 7) is 1.91. The quantitative estimate of drug-likeness (QED) is 0.873. The molecule has 1 rings (SSSR count). The Morgan fingerprint density at radius 1 is 1.33 bits per heavy atom. The van der Waals surface area contributed by atoms with Gasteiger partial charge in [-0.15, -0.1) is 12.4 Å². The Bertz CT molecular complexity index is 308. The SMILES string of the molecule is CCC[C@@H](N)c1c(F)cc(Cl)cc1F.Cl. The zero-order chi connectivity index (χ0) is 10.7. The number of rotatable bonds is 3. The lowest BCUT2D eigenvalue weighted by Crippen LogP contribution is -2.13. The van der Waals surface area contributed by atoms with E-state index in [0.717, 1.165) is 18.6 Å². The fourth-order valence-corrected chi connectivity index (χ4v) is 1.55. The highest BCUT2D eigenvalue weighted by molar-refractivity contribution is 6.30. The Labute approximate surface area is 99.0 Å². The molecule has 0 aliphatic heterocycles. The summed E-state index contributed by atoms with van der Waals surface area (Å²) in [6, 6.07) is 1.56. The fourth-order valence-electron chi connectivity index (χ4n) is 1.36. The van der Waals surface area contributed by atoms with E-state index in [1.54, 1.807) is 0 Å². The van der Waals surface area contributed by atoms with Crippen molar-refractivity contribution >= 4 is 24.0 Å². The molecule has 0 saturated carbocycles. The highest BCUT2D eigenvalue weighted by Crippen LogP contribution is 2.25. The van der Waals surface area contributed by atoms with Gasteiger partial charge in [-0.25, -0.2) is 8.78 Å². The molecular formula is C10H13Cl2F2N. The van der Waals surface area contributed by atoms with Gasteiger partial charge < -0.3 is 5.73 Å². The van der Waals surface area contributed by atoms with Gasteiger partial charge >= 0.3 is 0 Å². The van der Waals surface area contributed by atoms with Gasteiger partial charge in [0, 0.05) is 16.6 Å². The van der Waals surface area contributed by atoms with E-state index in [1.807, 2.05) is 6.92 Å². The molecular weight excluding hydrogens is 243 g/mol. The van der Waals surface area contributed by atoms with Crippen molar-refractivity contribution in [2.75, 3.05) is 0 Å². The molecule has 1 atom stereocenters. The van der Waals surface area contributed by atoms with E-state index >= 15 is 0 Å². The van der Waals surface area contributed by atoms with Crippen molar-refractivity contribution < 1.29 is 8.78 Å². The predicted octanol–water partition coefficient (Wildman–Crippen LogP) is 3.84. The maximum Gasteiger partial charge on any atom is 0.132 e. The van der Waals surface area contributed by atoms with Gasteiger partial charge in [0.2, 0.25) is 0 Å². The van der Waals surface area contributed by atoms with E-state index in [2.05, 4.69) is 0 Å². The second-order valence-corrected chi connectivity index (χ2v) is 3.61. The smallest absolute Gasteiger partial charge is 0.132 e. The molecule has 5 heteroatoms. The first-order valence-corrected chi connectivity index (χ1v) is 4.84. The molecule has 0 bridgehead atoms. The molecule has 2 N–H and O–H groups in total. The van der Waals surface area contributed by atoms with Gasteiger partial charge in [-0.2, -0.15) is 0 Å². The first kappa shape index (κ1) is 14.6. The third kappa shape index (κ3) is 3.59. The largest absolute Gasteiger partial charge is 0.324 e. The third-order valence-corrected chi connectivity index (χ3v) is 2.23. The Kier molecular flexibility index (Phi) is 6.10. The lowest BCUT2D eigenvalue weighted by atomic mass is 10.0. The molecule has 15 heavy (non-hydrogen) atoms. The van der Waals surface area contributed by atoms with E-state index in [0.29, 0.717) is 6.42 Å². The van der Waals surface area contributed by atoms with Gasteiger partial charge in [0.15, 0.2) is 0 Å². The average molecular weight is 256 g/mol. The van der Waals surface area contributed by atoms with Crippen molar-refractivity contribution in [2.24, 2.45) is 5.73 Å². The van der Waals surface area contributed by atoms with Crippen LogP contribution in [0, 0.1) is 11.6 Å². The number of halogens is 4. The van der Waals surface area contributed by atoms with Crippen LogP contribution in [0.5, 0.6) is 0 Å². The molecule has 0 aliphatic rings. The van der Waals surface area contributed by atoms with Gasteiger partial charge in [-0.3, -0.25) is 0 Å². The highest BCUT2D eigenvalue weighted by Gasteiger charge is 2.16. The number of benzene rings is 1. The maximum atomic E-state index is 13.3. The Morgan fingerprint density at radius 2 is 1.80 bits per heavy atom. The number of hydrogen-bond donors (Lipinski definition) is 1. The van der Waals surface area contributed by atoms with Crippen LogP contribution in [0.15, 0.2) is 12.1 Å². The minimum atomic E-state index is -0.670. The summed E-state index contributed by atoms with van der Waals surface area (Å²) in [5.74, 6) is -1.34. The second-order valence-electron chi connectivity index (χ2n) is 3.18. The molecule has 0 aliphatic carbocycles. The van der Waals surface area contributed by atoms with Gasteiger partial charge in [-0.05, 0) is 18.6 Å². The normalized spacial score (nSPS) is 12.1. The van der Waals surface area contributed by atoms with Gasteiger partial charge in [0.1, 0.15) is 11.6 Å². The number of hydrogen-bond acceptors (Lipinski definition) is 1. The summed E-state index contributed by atoms with van der Waals surface area (Å²) < 4.78 is 26.6. The zero-order valence-electron chi connectivity index (χ0n) is 8.27. The van der Waals surface area contributed by atoms with Gasteiger partial charge in [-0.1, -0.05) is 24.9 Å². The average Bonchev–Trinajstić information content (AvgIpc) is 2.01. The van der Waals surface area contributed by atoms with E-state index < -0.39 is 17.7 Å². The van der Waals surface area contributed by atoms with Gasteiger partial charge in [0.25, 0.3) is 0 Å². The van der Waals surface area contributed by atoms with Crippen molar-refractivity contribution in [3.05, 3.63) is 34.4 Å². The number of nitrogens with two attached hydrogens (primary N) is 1. The predicted molar refractivity (Wildman–Crippen MR) is 60.5 cm³/mol. The van der Waals surface area contributed by atoms with Crippen LogP contribution in [-0.2, 0) is 0 Å². The van der Waals surface area contributed by atoms with Crippen LogP contribution in [0.1, 0.15) is 31.4 Å². The summed E-state index contributed by atoms with van der Waals surface area (Å²) in [5.41, 5.74) is 5.56. The van der Waals surface area contributed by atoms with E-state index in [9.17, 15) is 8.78 Å². The van der Waals surface area contributed by atoms with E-state index in [4.69, 9.17) is 17.3 Å².